The Morgan fingerprint density at radius 3 is 2.56 bits per heavy atom. The van der Waals surface area contributed by atoms with Crippen LogP contribution in [0.2, 0.25) is 0 Å². The van der Waals surface area contributed by atoms with E-state index in [-0.39, 0.29) is 5.75 Å². The minimum Gasteiger partial charge on any atom is -0.504 e. The SMILES string of the molecule is COC(=O)C(O)=Cc1ccc(OC)c(O)c1. The van der Waals surface area contributed by atoms with Crippen LogP contribution in [0, 0.1) is 0 Å². The number of ether oxygens (including phenoxy) is 2. The van der Waals surface area contributed by atoms with Gasteiger partial charge in [0, 0.05) is 0 Å². The number of carbonyl (C=O) groups is 1. The summed E-state index contributed by atoms with van der Waals surface area (Å²) in [6.07, 6.45) is 1.19. The highest BCUT2D eigenvalue weighted by Gasteiger charge is 2.07. The first-order chi connectivity index (χ1) is 7.58. The van der Waals surface area contributed by atoms with Crippen molar-refractivity contribution >= 4 is 12.0 Å². The van der Waals surface area contributed by atoms with E-state index in [2.05, 4.69) is 4.74 Å². The van der Waals surface area contributed by atoms with E-state index < -0.39 is 11.7 Å². The smallest absolute Gasteiger partial charge is 0.373 e. The van der Waals surface area contributed by atoms with Gasteiger partial charge < -0.3 is 19.7 Å². The number of methoxy groups -OCH3 is 2. The van der Waals surface area contributed by atoms with Crippen LogP contribution in [-0.4, -0.2) is 30.4 Å². The fourth-order valence-corrected chi connectivity index (χ4v) is 1.12. The number of rotatable bonds is 3. The zero-order valence-electron chi connectivity index (χ0n) is 8.93. The molecule has 1 aromatic carbocycles. The second kappa shape index (κ2) is 5.06. The summed E-state index contributed by atoms with van der Waals surface area (Å²) < 4.78 is 9.16. The van der Waals surface area contributed by atoms with E-state index in [0.29, 0.717) is 11.3 Å². The molecule has 0 saturated heterocycles. The number of aliphatic hydroxyl groups is 1. The molecule has 0 bridgehead atoms. The molecule has 0 amide bonds. The summed E-state index contributed by atoms with van der Waals surface area (Å²) in [7, 11) is 2.59. The van der Waals surface area contributed by atoms with Crippen LogP contribution in [0.5, 0.6) is 11.5 Å². The molecule has 0 fully saturated rings. The molecule has 0 spiro atoms. The molecule has 0 aliphatic heterocycles. The van der Waals surface area contributed by atoms with Crippen LogP contribution in [-0.2, 0) is 9.53 Å². The average Bonchev–Trinajstić information content (AvgIpc) is 2.28. The average molecular weight is 224 g/mol. The Labute approximate surface area is 92.5 Å². The van der Waals surface area contributed by atoms with Crippen molar-refractivity contribution in [2.45, 2.75) is 0 Å². The predicted octanol–water partition coefficient (Wildman–Crippen LogP) is 1.47. The van der Waals surface area contributed by atoms with Crippen molar-refractivity contribution in [2.75, 3.05) is 14.2 Å². The highest BCUT2D eigenvalue weighted by molar-refractivity contribution is 5.90. The first kappa shape index (κ1) is 11.9. The lowest BCUT2D eigenvalue weighted by Gasteiger charge is -2.03. The van der Waals surface area contributed by atoms with Crippen molar-refractivity contribution in [1.82, 2.24) is 0 Å². The zero-order valence-corrected chi connectivity index (χ0v) is 8.93. The molecule has 0 saturated carbocycles. The van der Waals surface area contributed by atoms with Crippen LogP contribution >= 0.6 is 0 Å². The minimum atomic E-state index is -0.838. The number of phenols is 1. The molecule has 1 aromatic rings. The van der Waals surface area contributed by atoms with Crippen molar-refractivity contribution in [1.29, 1.82) is 0 Å². The third kappa shape index (κ3) is 2.66. The van der Waals surface area contributed by atoms with Gasteiger partial charge in [0.05, 0.1) is 14.2 Å². The van der Waals surface area contributed by atoms with Crippen molar-refractivity contribution < 1.29 is 24.5 Å². The summed E-state index contributed by atoms with van der Waals surface area (Å²) in [6, 6.07) is 4.46. The third-order valence-corrected chi connectivity index (χ3v) is 1.90. The van der Waals surface area contributed by atoms with Crippen molar-refractivity contribution in [3.05, 3.63) is 29.5 Å². The summed E-state index contributed by atoms with van der Waals surface area (Å²) >= 11 is 0. The Bertz CT molecular complexity index is 422. The molecule has 0 aromatic heterocycles. The van der Waals surface area contributed by atoms with Gasteiger partial charge in [0.2, 0.25) is 5.76 Å². The second-order valence-electron chi connectivity index (χ2n) is 2.95. The Kier molecular flexibility index (Phi) is 3.77. The van der Waals surface area contributed by atoms with Crippen molar-refractivity contribution in [3.63, 3.8) is 0 Å². The van der Waals surface area contributed by atoms with Gasteiger partial charge in [-0.25, -0.2) is 4.79 Å². The van der Waals surface area contributed by atoms with Crippen LogP contribution in [0.4, 0.5) is 0 Å². The number of hydrogen-bond donors (Lipinski definition) is 2. The third-order valence-electron chi connectivity index (χ3n) is 1.90. The van der Waals surface area contributed by atoms with Gasteiger partial charge in [-0.05, 0) is 23.8 Å². The highest BCUT2D eigenvalue weighted by atomic mass is 16.5. The molecular weight excluding hydrogens is 212 g/mol. The summed E-state index contributed by atoms with van der Waals surface area (Å²) in [5.41, 5.74) is 0.459. The van der Waals surface area contributed by atoms with Gasteiger partial charge in [-0.3, -0.25) is 0 Å². The molecule has 86 valence electrons. The summed E-state index contributed by atoms with van der Waals surface area (Å²) in [5.74, 6) is -1.13. The molecule has 0 radical (unpaired) electrons. The molecule has 0 heterocycles. The first-order valence-electron chi connectivity index (χ1n) is 4.44. The number of aromatic hydroxyl groups is 1. The van der Waals surface area contributed by atoms with Gasteiger partial charge in [-0.1, -0.05) is 6.07 Å². The maximum Gasteiger partial charge on any atom is 0.373 e. The number of aliphatic hydroxyl groups excluding tert-OH is 1. The summed E-state index contributed by atoms with van der Waals surface area (Å²) in [5, 5.41) is 18.7. The standard InChI is InChI=1S/C11H12O5/c1-15-10-4-3-7(5-8(10)12)6-9(13)11(14)16-2/h3-6,12-13H,1-2H3. The van der Waals surface area contributed by atoms with Crippen LogP contribution in [0.15, 0.2) is 24.0 Å². The largest absolute Gasteiger partial charge is 0.504 e. The number of carbonyl (C=O) groups excluding carboxylic acids is 1. The molecular formula is C11H12O5. The van der Waals surface area contributed by atoms with E-state index in [9.17, 15) is 15.0 Å². The van der Waals surface area contributed by atoms with E-state index in [1.54, 1.807) is 6.07 Å². The van der Waals surface area contributed by atoms with Gasteiger partial charge in [-0.2, -0.15) is 0 Å². The maximum absolute atomic E-state index is 10.9. The monoisotopic (exact) mass is 224 g/mol. The normalized spacial score (nSPS) is 11.0. The minimum absolute atomic E-state index is 0.0751. The zero-order chi connectivity index (χ0) is 12.1. The highest BCUT2D eigenvalue weighted by Crippen LogP contribution is 2.26. The molecule has 2 N–H and O–H groups in total. The number of hydrogen-bond acceptors (Lipinski definition) is 5. The lowest BCUT2D eigenvalue weighted by atomic mass is 10.2. The Morgan fingerprint density at radius 2 is 2.06 bits per heavy atom. The quantitative estimate of drug-likeness (QED) is 0.462. The molecule has 5 heteroatoms. The Hall–Kier alpha value is -2.17. The molecule has 16 heavy (non-hydrogen) atoms. The van der Waals surface area contributed by atoms with Crippen LogP contribution in [0.1, 0.15) is 5.56 Å². The summed E-state index contributed by atoms with van der Waals surface area (Å²) in [4.78, 5) is 10.9. The topological polar surface area (TPSA) is 76.0 Å². The predicted molar refractivity (Wildman–Crippen MR) is 57.3 cm³/mol. The number of benzene rings is 1. The van der Waals surface area contributed by atoms with Crippen LogP contribution < -0.4 is 4.74 Å². The van der Waals surface area contributed by atoms with Crippen LogP contribution in [0.3, 0.4) is 0 Å². The Morgan fingerprint density at radius 1 is 1.38 bits per heavy atom. The molecule has 0 atom stereocenters. The van der Waals surface area contributed by atoms with Gasteiger partial charge in [0.15, 0.2) is 11.5 Å². The van der Waals surface area contributed by atoms with E-state index in [1.807, 2.05) is 0 Å². The van der Waals surface area contributed by atoms with E-state index >= 15 is 0 Å². The lowest BCUT2D eigenvalue weighted by Crippen LogP contribution is -2.03. The first-order valence-corrected chi connectivity index (χ1v) is 4.44. The molecule has 1 rings (SSSR count). The Balaban J connectivity index is 2.98. The fraction of sp³-hybridized carbons (Fsp3) is 0.182. The van der Waals surface area contributed by atoms with Crippen LogP contribution in [0.25, 0.3) is 6.08 Å². The van der Waals surface area contributed by atoms with Crippen molar-refractivity contribution in [3.8, 4) is 11.5 Å². The summed E-state index contributed by atoms with van der Waals surface area (Å²) in [6.45, 7) is 0. The second-order valence-corrected chi connectivity index (χ2v) is 2.95. The lowest BCUT2D eigenvalue weighted by molar-refractivity contribution is -0.138. The molecule has 0 aliphatic carbocycles. The van der Waals surface area contributed by atoms with Gasteiger partial charge in [0.25, 0.3) is 0 Å². The van der Waals surface area contributed by atoms with Gasteiger partial charge in [-0.15, -0.1) is 0 Å². The number of esters is 1. The van der Waals surface area contributed by atoms with E-state index in [0.717, 1.165) is 7.11 Å². The van der Waals surface area contributed by atoms with Crippen molar-refractivity contribution in [2.24, 2.45) is 0 Å². The van der Waals surface area contributed by atoms with Gasteiger partial charge >= 0.3 is 5.97 Å². The maximum atomic E-state index is 10.9. The molecule has 0 aliphatic rings. The molecule has 5 nitrogen and oxygen atoms in total. The fourth-order valence-electron chi connectivity index (χ4n) is 1.12. The number of phenolic OH excluding ortho intramolecular Hbond substituents is 1. The van der Waals surface area contributed by atoms with E-state index in [4.69, 9.17) is 4.74 Å². The van der Waals surface area contributed by atoms with Gasteiger partial charge in [0.1, 0.15) is 0 Å². The molecule has 0 unspecified atom stereocenters. The van der Waals surface area contributed by atoms with E-state index in [1.165, 1.54) is 25.3 Å².